The highest BCUT2D eigenvalue weighted by atomic mass is 19.1. The molecule has 0 spiro atoms. The quantitative estimate of drug-likeness (QED) is 0.290. The molecule has 5 fully saturated rings. The zero-order chi connectivity index (χ0) is 30.0. The average molecular weight is 601 g/mol. The summed E-state index contributed by atoms with van der Waals surface area (Å²) in [6.45, 7) is 6.12. The molecule has 0 radical (unpaired) electrons. The highest BCUT2D eigenvalue weighted by molar-refractivity contribution is 6.01. The summed E-state index contributed by atoms with van der Waals surface area (Å²) in [5.74, 6) is -0.395. The van der Waals surface area contributed by atoms with Gasteiger partial charge in [-0.15, -0.1) is 0 Å². The molecule has 2 aromatic carbocycles. The Morgan fingerprint density at radius 1 is 1.09 bits per heavy atom. The number of piperazine rings is 1. The normalized spacial score (nSPS) is 23.0. The summed E-state index contributed by atoms with van der Waals surface area (Å²) < 4.78 is 38.2. The minimum absolute atomic E-state index is 0.00682. The van der Waals surface area contributed by atoms with Crippen molar-refractivity contribution in [3.8, 4) is 23.0 Å². The Morgan fingerprint density at radius 2 is 1.93 bits per heavy atom. The predicted octanol–water partition coefficient (Wildman–Crippen LogP) is 5.73. The van der Waals surface area contributed by atoms with Crippen molar-refractivity contribution in [1.29, 1.82) is 0 Å². The lowest BCUT2D eigenvalue weighted by molar-refractivity contribution is 0.108. The van der Waals surface area contributed by atoms with Gasteiger partial charge in [0.1, 0.15) is 35.2 Å². The molecule has 2 bridgehead atoms. The smallest absolute Gasteiger partial charge is 0.319 e. The molecule has 5 saturated heterocycles. The number of pyridine rings is 1. The number of halogens is 2. The summed E-state index contributed by atoms with van der Waals surface area (Å²) >= 11 is 0. The van der Waals surface area contributed by atoms with Crippen molar-refractivity contribution >= 4 is 27.5 Å². The number of phenolic OH excluding ortho intramolecular Hbond substituents is 1. The molecular weight excluding hydrogens is 562 g/mol. The Morgan fingerprint density at radius 3 is 2.75 bits per heavy atom. The number of benzene rings is 2. The van der Waals surface area contributed by atoms with E-state index in [1.807, 2.05) is 6.92 Å². The van der Waals surface area contributed by atoms with Crippen LogP contribution in [0.2, 0.25) is 0 Å². The van der Waals surface area contributed by atoms with Crippen molar-refractivity contribution in [2.24, 2.45) is 0 Å². The van der Waals surface area contributed by atoms with Crippen LogP contribution in [-0.4, -0.2) is 75.4 Å². The van der Waals surface area contributed by atoms with Crippen LogP contribution in [0.3, 0.4) is 0 Å². The number of phenols is 1. The third kappa shape index (κ3) is 4.48. The second-order valence-electron chi connectivity index (χ2n) is 13.0. The second kappa shape index (κ2) is 10.8. The fraction of sp³-hybridized carbons (Fsp3) is 0.500. The summed E-state index contributed by atoms with van der Waals surface area (Å²) in [6, 6.07) is 6.76. The first-order valence-corrected chi connectivity index (χ1v) is 16.1. The van der Waals surface area contributed by atoms with Gasteiger partial charge in [0.15, 0.2) is 5.82 Å². The van der Waals surface area contributed by atoms with Gasteiger partial charge < -0.3 is 20.1 Å². The number of hydrogen-bond acceptors (Lipinski definition) is 8. The number of hydrogen-bond donors (Lipinski definition) is 2. The standard InChI is InChI=1S/C34H38F2N6O2/c1-2-24-27(35)9-8-20-14-23(43)15-25(28(20)24)30-29(36)31-26(17-38-30)32(42-18-21-6-3-7-22(42)16-37-21)40-33(39-31)44-19-34-10-4-12-41(34)13-5-11-34/h8-9,14-15,17,21-22,37,43H,2-7,10-13,16,18-19H2,1H3. The number of aromatic hydroxyl groups is 1. The molecule has 8 nitrogen and oxygen atoms in total. The molecule has 44 heavy (non-hydrogen) atoms. The lowest BCUT2D eigenvalue weighted by Crippen LogP contribution is -2.54. The van der Waals surface area contributed by atoms with Gasteiger partial charge in [-0.1, -0.05) is 13.0 Å². The number of aromatic nitrogens is 3. The minimum Gasteiger partial charge on any atom is -0.508 e. The highest BCUT2D eigenvalue weighted by Crippen LogP contribution is 2.41. The number of rotatable bonds is 6. The van der Waals surface area contributed by atoms with Crippen molar-refractivity contribution in [3.63, 3.8) is 0 Å². The molecule has 2 N–H and O–H groups in total. The third-order valence-electron chi connectivity index (χ3n) is 10.5. The zero-order valence-electron chi connectivity index (χ0n) is 25.1. The van der Waals surface area contributed by atoms with Crippen LogP contribution in [0.1, 0.15) is 57.4 Å². The van der Waals surface area contributed by atoms with Gasteiger partial charge >= 0.3 is 6.01 Å². The third-order valence-corrected chi connectivity index (χ3v) is 10.5. The molecule has 2 atom stereocenters. The lowest BCUT2D eigenvalue weighted by Gasteiger charge is -2.38. The van der Waals surface area contributed by atoms with Crippen molar-refractivity contribution < 1.29 is 18.6 Å². The molecule has 0 saturated carbocycles. The van der Waals surface area contributed by atoms with E-state index in [0.717, 1.165) is 71.1 Å². The largest absolute Gasteiger partial charge is 0.508 e. The average Bonchev–Trinajstić information content (AvgIpc) is 3.45. The molecule has 7 heterocycles. The van der Waals surface area contributed by atoms with Crippen LogP contribution >= 0.6 is 0 Å². The predicted molar refractivity (Wildman–Crippen MR) is 166 cm³/mol. The summed E-state index contributed by atoms with van der Waals surface area (Å²) in [5.41, 5.74) is 0.928. The maximum absolute atomic E-state index is 16.9. The van der Waals surface area contributed by atoms with E-state index in [2.05, 4.69) is 20.1 Å². The van der Waals surface area contributed by atoms with E-state index in [0.29, 0.717) is 52.2 Å². The van der Waals surface area contributed by atoms with Crippen molar-refractivity contribution in [2.75, 3.05) is 37.7 Å². The molecule has 10 heteroatoms. The maximum atomic E-state index is 16.9. The van der Waals surface area contributed by atoms with Crippen molar-refractivity contribution in [2.45, 2.75) is 75.9 Å². The molecule has 9 rings (SSSR count). The Bertz CT molecular complexity index is 1750. The molecule has 5 aliphatic rings. The number of ether oxygens (including phenoxy) is 1. The first-order valence-electron chi connectivity index (χ1n) is 16.1. The van der Waals surface area contributed by atoms with Gasteiger partial charge in [-0.2, -0.15) is 9.97 Å². The highest BCUT2D eigenvalue weighted by Gasteiger charge is 2.45. The zero-order valence-corrected chi connectivity index (χ0v) is 25.1. The summed E-state index contributed by atoms with van der Waals surface area (Å²) in [5, 5.41) is 15.9. The molecular formula is C34H38F2N6O2. The van der Waals surface area contributed by atoms with Crippen LogP contribution < -0.4 is 15.0 Å². The van der Waals surface area contributed by atoms with E-state index in [1.54, 1.807) is 18.3 Å². The van der Waals surface area contributed by atoms with Gasteiger partial charge in [0.25, 0.3) is 0 Å². The summed E-state index contributed by atoms with van der Waals surface area (Å²) in [6.07, 6.45) is 9.75. The molecule has 230 valence electrons. The Hall–Kier alpha value is -3.63. The van der Waals surface area contributed by atoms with Crippen LogP contribution in [0.4, 0.5) is 14.6 Å². The van der Waals surface area contributed by atoms with Gasteiger partial charge in [-0.25, -0.2) is 8.78 Å². The number of anilines is 1. The van der Waals surface area contributed by atoms with E-state index < -0.39 is 5.82 Å². The molecule has 5 aliphatic heterocycles. The molecule has 0 aliphatic carbocycles. The first-order chi connectivity index (χ1) is 21.4. The molecule has 0 amide bonds. The molecule has 4 aromatic rings. The van der Waals surface area contributed by atoms with E-state index >= 15 is 4.39 Å². The van der Waals surface area contributed by atoms with Gasteiger partial charge in [0, 0.05) is 36.9 Å². The van der Waals surface area contributed by atoms with E-state index in [-0.39, 0.29) is 40.4 Å². The fourth-order valence-electron chi connectivity index (χ4n) is 8.36. The van der Waals surface area contributed by atoms with Crippen molar-refractivity contribution in [3.05, 3.63) is 47.7 Å². The van der Waals surface area contributed by atoms with Crippen molar-refractivity contribution in [1.82, 2.24) is 25.2 Å². The second-order valence-corrected chi connectivity index (χ2v) is 13.0. The number of nitrogens with one attached hydrogen (secondary N) is 1. The van der Waals surface area contributed by atoms with Crippen LogP contribution in [0, 0.1) is 11.6 Å². The Balaban J connectivity index is 1.29. The fourth-order valence-corrected chi connectivity index (χ4v) is 8.36. The maximum Gasteiger partial charge on any atom is 0.319 e. The summed E-state index contributed by atoms with van der Waals surface area (Å²) in [4.78, 5) is 19.1. The molecule has 2 aromatic heterocycles. The van der Waals surface area contributed by atoms with E-state index in [1.165, 1.54) is 12.1 Å². The Kier molecular flexibility index (Phi) is 6.82. The van der Waals surface area contributed by atoms with E-state index in [4.69, 9.17) is 14.7 Å². The molecule has 2 unspecified atom stereocenters. The van der Waals surface area contributed by atoms with Gasteiger partial charge in [-0.3, -0.25) is 9.88 Å². The SMILES string of the molecule is CCc1c(F)ccc2cc(O)cc(-c3ncc4c(N5CC6CCCC5CN6)nc(OCC56CCCN5CCC6)nc4c3F)c12. The van der Waals surface area contributed by atoms with Crippen LogP contribution in [-0.2, 0) is 6.42 Å². The van der Waals surface area contributed by atoms with Gasteiger partial charge in [0.2, 0.25) is 0 Å². The summed E-state index contributed by atoms with van der Waals surface area (Å²) in [7, 11) is 0. The number of aryl methyl sites for hydroxylation is 1. The van der Waals surface area contributed by atoms with Gasteiger partial charge in [0.05, 0.1) is 10.9 Å². The van der Waals surface area contributed by atoms with Crippen LogP contribution in [0.15, 0.2) is 30.5 Å². The number of fused-ring (bicyclic) bond motifs is 7. The van der Waals surface area contributed by atoms with E-state index in [9.17, 15) is 9.50 Å². The monoisotopic (exact) mass is 600 g/mol. The number of nitrogens with zero attached hydrogens (tertiary/aromatic N) is 5. The Labute approximate surface area is 255 Å². The van der Waals surface area contributed by atoms with Gasteiger partial charge in [-0.05, 0) is 99.0 Å². The first kappa shape index (κ1) is 27.9. The minimum atomic E-state index is -0.631. The van der Waals surface area contributed by atoms with Crippen LogP contribution in [0.5, 0.6) is 11.8 Å². The van der Waals surface area contributed by atoms with Crippen LogP contribution in [0.25, 0.3) is 32.9 Å². The lowest BCUT2D eigenvalue weighted by atomic mass is 9.94. The topological polar surface area (TPSA) is 86.6 Å².